The van der Waals surface area contributed by atoms with Crippen molar-refractivity contribution < 1.29 is 9.59 Å². The first-order valence-corrected chi connectivity index (χ1v) is 6.96. The fourth-order valence-corrected chi connectivity index (χ4v) is 2.60. The van der Waals surface area contributed by atoms with Gasteiger partial charge in [-0.2, -0.15) is 0 Å². The van der Waals surface area contributed by atoms with E-state index in [-0.39, 0.29) is 11.9 Å². The van der Waals surface area contributed by atoms with Crippen LogP contribution in [-0.4, -0.2) is 29.5 Å². The number of carbonyl (C=O) groups excluding carboxylic acids is 2. The molecular weight excluding hydrogens is 276 g/mol. The summed E-state index contributed by atoms with van der Waals surface area (Å²) in [5, 5.41) is 10.2. The summed E-state index contributed by atoms with van der Waals surface area (Å²) in [5.74, 6) is -0.266. The van der Waals surface area contributed by atoms with E-state index in [1.807, 2.05) is 35.7 Å². The largest absolute Gasteiger partial charge is 0.336 e. The Hall–Kier alpha value is -2.41. The molecule has 1 aromatic heterocycles. The Morgan fingerprint density at radius 1 is 1.35 bits per heavy atom. The monoisotopic (exact) mass is 288 g/mol. The third kappa shape index (κ3) is 2.62. The molecule has 0 spiro atoms. The lowest BCUT2D eigenvalue weighted by atomic mass is 10.2. The number of hydrogen-bond donors (Lipinski definition) is 3. The first-order valence-electron chi connectivity index (χ1n) is 6.08. The maximum absolute atomic E-state index is 11.9. The topological polar surface area (TPSA) is 83.1 Å². The molecule has 102 valence electrons. The van der Waals surface area contributed by atoms with Crippen LogP contribution in [0.3, 0.4) is 0 Å². The molecular formula is C13H12N4O2S. The van der Waals surface area contributed by atoms with E-state index in [9.17, 15) is 9.59 Å². The van der Waals surface area contributed by atoms with Crippen LogP contribution in [0.1, 0.15) is 0 Å². The number of rotatable bonds is 3. The number of nitrogens with one attached hydrogen (secondary N) is 3. The van der Waals surface area contributed by atoms with Gasteiger partial charge in [-0.3, -0.25) is 4.79 Å². The second-order valence-corrected chi connectivity index (χ2v) is 5.16. The van der Waals surface area contributed by atoms with Gasteiger partial charge in [-0.15, -0.1) is 11.3 Å². The third-order valence-electron chi connectivity index (χ3n) is 2.89. The highest BCUT2D eigenvalue weighted by molar-refractivity contribution is 7.14. The maximum atomic E-state index is 11.9. The second kappa shape index (κ2) is 5.30. The minimum absolute atomic E-state index is 0.266. The Bertz CT molecular complexity index is 641. The van der Waals surface area contributed by atoms with Crippen LogP contribution in [0.4, 0.5) is 9.93 Å². The number of nitrogens with zero attached hydrogens (tertiary/aromatic N) is 1. The molecule has 7 heteroatoms. The highest BCUT2D eigenvalue weighted by Crippen LogP contribution is 2.24. The zero-order chi connectivity index (χ0) is 13.9. The van der Waals surface area contributed by atoms with Gasteiger partial charge < -0.3 is 16.0 Å². The first kappa shape index (κ1) is 12.6. The molecule has 6 nitrogen and oxygen atoms in total. The molecule has 0 aliphatic carbocycles. The summed E-state index contributed by atoms with van der Waals surface area (Å²) < 4.78 is 0. The van der Waals surface area contributed by atoms with Crippen LogP contribution in [0.15, 0.2) is 35.7 Å². The van der Waals surface area contributed by atoms with Crippen molar-refractivity contribution in [3.63, 3.8) is 0 Å². The Morgan fingerprint density at radius 2 is 2.15 bits per heavy atom. The third-order valence-corrected chi connectivity index (χ3v) is 3.65. The molecule has 1 saturated heterocycles. The van der Waals surface area contributed by atoms with Crippen molar-refractivity contribution in [2.75, 3.05) is 11.9 Å². The molecule has 2 heterocycles. The summed E-state index contributed by atoms with van der Waals surface area (Å²) in [6.07, 6.45) is 0. The summed E-state index contributed by atoms with van der Waals surface area (Å²) in [4.78, 5) is 27.3. The fraction of sp³-hybridized carbons (Fsp3) is 0.154. The highest BCUT2D eigenvalue weighted by Gasteiger charge is 2.27. The number of aromatic nitrogens is 1. The van der Waals surface area contributed by atoms with Crippen molar-refractivity contribution in [2.45, 2.75) is 6.04 Å². The number of carbonyl (C=O) groups is 2. The summed E-state index contributed by atoms with van der Waals surface area (Å²) in [7, 11) is 0. The minimum Gasteiger partial charge on any atom is -0.336 e. The summed E-state index contributed by atoms with van der Waals surface area (Å²) in [6, 6.07) is 8.86. The Kier molecular flexibility index (Phi) is 3.34. The van der Waals surface area contributed by atoms with Crippen LogP contribution < -0.4 is 16.0 Å². The number of urea groups is 1. The Labute approximate surface area is 119 Å². The van der Waals surface area contributed by atoms with Crippen molar-refractivity contribution in [3.05, 3.63) is 35.7 Å². The van der Waals surface area contributed by atoms with Gasteiger partial charge in [0.25, 0.3) is 5.91 Å². The molecule has 20 heavy (non-hydrogen) atoms. The van der Waals surface area contributed by atoms with Gasteiger partial charge in [0.2, 0.25) is 0 Å². The average Bonchev–Trinajstić information content (AvgIpc) is 3.09. The zero-order valence-corrected chi connectivity index (χ0v) is 11.2. The van der Waals surface area contributed by atoms with Gasteiger partial charge in [0.1, 0.15) is 6.04 Å². The van der Waals surface area contributed by atoms with E-state index in [1.165, 1.54) is 11.3 Å². The van der Waals surface area contributed by atoms with Gasteiger partial charge in [0, 0.05) is 17.5 Å². The molecule has 0 radical (unpaired) electrons. The van der Waals surface area contributed by atoms with Crippen molar-refractivity contribution in [3.8, 4) is 11.3 Å². The molecule has 1 aliphatic rings. The predicted molar refractivity (Wildman–Crippen MR) is 76.5 cm³/mol. The quantitative estimate of drug-likeness (QED) is 0.799. The van der Waals surface area contributed by atoms with E-state index in [0.717, 1.165) is 11.3 Å². The van der Waals surface area contributed by atoms with Gasteiger partial charge in [0.05, 0.1) is 5.69 Å². The predicted octanol–water partition coefficient (Wildman–Crippen LogP) is 1.43. The van der Waals surface area contributed by atoms with Crippen molar-refractivity contribution >= 4 is 28.4 Å². The Balaban J connectivity index is 1.68. The van der Waals surface area contributed by atoms with Gasteiger partial charge in [-0.1, -0.05) is 30.3 Å². The van der Waals surface area contributed by atoms with E-state index < -0.39 is 6.04 Å². The number of amides is 3. The van der Waals surface area contributed by atoms with Gasteiger partial charge >= 0.3 is 6.03 Å². The molecule has 2 aromatic rings. The van der Waals surface area contributed by atoms with E-state index in [0.29, 0.717) is 11.7 Å². The lowest BCUT2D eigenvalue weighted by molar-refractivity contribution is -0.117. The first-order chi connectivity index (χ1) is 9.72. The van der Waals surface area contributed by atoms with E-state index in [4.69, 9.17) is 0 Å². The van der Waals surface area contributed by atoms with Crippen LogP contribution in [-0.2, 0) is 4.79 Å². The van der Waals surface area contributed by atoms with Gasteiger partial charge in [-0.05, 0) is 0 Å². The number of benzene rings is 1. The lowest BCUT2D eigenvalue weighted by Crippen LogP contribution is -2.38. The molecule has 0 bridgehead atoms. The van der Waals surface area contributed by atoms with E-state index >= 15 is 0 Å². The summed E-state index contributed by atoms with van der Waals surface area (Å²) in [5.41, 5.74) is 1.82. The molecule has 1 fully saturated rings. The van der Waals surface area contributed by atoms with Crippen LogP contribution in [0.2, 0.25) is 0 Å². The lowest BCUT2D eigenvalue weighted by Gasteiger charge is -2.06. The fourth-order valence-electron chi connectivity index (χ4n) is 1.88. The van der Waals surface area contributed by atoms with Gasteiger partial charge in [-0.25, -0.2) is 9.78 Å². The van der Waals surface area contributed by atoms with Crippen LogP contribution in [0, 0.1) is 0 Å². The van der Waals surface area contributed by atoms with Crippen LogP contribution in [0.5, 0.6) is 0 Å². The molecule has 0 saturated carbocycles. The highest BCUT2D eigenvalue weighted by atomic mass is 32.1. The molecule has 0 unspecified atom stereocenters. The average molecular weight is 288 g/mol. The Morgan fingerprint density at radius 3 is 2.85 bits per heavy atom. The maximum Gasteiger partial charge on any atom is 0.315 e. The zero-order valence-electron chi connectivity index (χ0n) is 10.4. The normalized spacial score (nSPS) is 17.4. The smallest absolute Gasteiger partial charge is 0.315 e. The van der Waals surface area contributed by atoms with Crippen molar-refractivity contribution in [1.29, 1.82) is 0 Å². The SMILES string of the molecule is O=C1NC[C@H](C(=O)Nc2nc(-c3ccccc3)cs2)N1. The van der Waals surface area contributed by atoms with Crippen LogP contribution >= 0.6 is 11.3 Å². The number of hydrogen-bond acceptors (Lipinski definition) is 4. The van der Waals surface area contributed by atoms with Crippen LogP contribution in [0.25, 0.3) is 11.3 Å². The van der Waals surface area contributed by atoms with E-state index in [2.05, 4.69) is 20.9 Å². The molecule has 1 aromatic carbocycles. The van der Waals surface area contributed by atoms with E-state index in [1.54, 1.807) is 0 Å². The second-order valence-electron chi connectivity index (χ2n) is 4.30. The molecule has 1 aliphatic heterocycles. The summed E-state index contributed by atoms with van der Waals surface area (Å²) >= 11 is 1.36. The van der Waals surface area contributed by atoms with Gasteiger partial charge in [0.15, 0.2) is 5.13 Å². The molecule has 3 N–H and O–H groups in total. The summed E-state index contributed by atoms with van der Waals surface area (Å²) in [6.45, 7) is 0.293. The van der Waals surface area contributed by atoms with Crippen molar-refractivity contribution in [2.24, 2.45) is 0 Å². The minimum atomic E-state index is -0.549. The molecule has 3 rings (SSSR count). The molecule has 1 atom stereocenters. The van der Waals surface area contributed by atoms with Crippen molar-refractivity contribution in [1.82, 2.24) is 15.6 Å². The number of thiazole rings is 1. The molecule has 3 amide bonds. The number of anilines is 1. The standard InChI is InChI=1S/C13H12N4O2S/c18-11(9-6-14-12(19)15-9)17-13-16-10(7-20-13)8-4-2-1-3-5-8/h1-5,7,9H,6H2,(H2,14,15,19)(H,16,17,18)/t9-/m1/s1.